The molecule has 0 spiro atoms. The first-order chi connectivity index (χ1) is 8.49. The van der Waals surface area contributed by atoms with E-state index in [0.717, 1.165) is 11.1 Å². The largest absolute Gasteiger partial charge is 0.461 e. The molecule has 1 aliphatic heterocycles. The second-order valence-electron chi connectivity index (χ2n) is 5.17. The summed E-state index contributed by atoms with van der Waals surface area (Å²) in [5.74, 6) is 1.44. The normalized spacial score (nSPS) is 16.9. The highest BCUT2D eigenvalue weighted by molar-refractivity contribution is 5.85. The van der Waals surface area contributed by atoms with Crippen molar-refractivity contribution in [1.82, 2.24) is 0 Å². The third-order valence-electron chi connectivity index (χ3n) is 3.24. The quantitative estimate of drug-likeness (QED) is 0.665. The molecule has 0 radical (unpaired) electrons. The van der Waals surface area contributed by atoms with Crippen molar-refractivity contribution in [2.24, 2.45) is 0 Å². The van der Waals surface area contributed by atoms with E-state index in [9.17, 15) is 4.79 Å². The van der Waals surface area contributed by atoms with Gasteiger partial charge in [-0.3, -0.25) is 0 Å². The van der Waals surface area contributed by atoms with Crippen LogP contribution < -0.4 is 10.4 Å². The maximum Gasteiger partial charge on any atom is 0.344 e. The summed E-state index contributed by atoms with van der Waals surface area (Å²) in [4.78, 5) is 12.1. The second-order valence-corrected chi connectivity index (χ2v) is 5.17. The highest BCUT2D eigenvalue weighted by Gasteiger charge is 2.33. The van der Waals surface area contributed by atoms with Gasteiger partial charge >= 0.3 is 5.63 Å². The Morgan fingerprint density at radius 2 is 1.89 bits per heavy atom. The number of benzene rings is 1. The lowest BCUT2D eigenvalue weighted by molar-refractivity contribution is 0.375. The first-order valence-corrected chi connectivity index (χ1v) is 5.93. The molecule has 0 fully saturated rings. The summed E-state index contributed by atoms with van der Waals surface area (Å²) in [6, 6.07) is 7.44. The van der Waals surface area contributed by atoms with Gasteiger partial charge in [0.25, 0.3) is 0 Å². The van der Waals surface area contributed by atoms with Gasteiger partial charge < -0.3 is 9.15 Å². The molecule has 1 aliphatic rings. The number of hydrogen-bond acceptors (Lipinski definition) is 3. The van der Waals surface area contributed by atoms with E-state index >= 15 is 0 Å². The number of fused-ring (bicyclic) bond motifs is 3. The minimum atomic E-state index is -0.373. The van der Waals surface area contributed by atoms with E-state index in [1.807, 2.05) is 45.0 Å². The molecule has 1 aromatic heterocycles. The molecule has 0 unspecified atom stereocenters. The minimum absolute atomic E-state index is 0.322. The topological polar surface area (TPSA) is 39.4 Å². The molecule has 3 rings (SSSR count). The Bertz CT molecular complexity index is 720. The maximum atomic E-state index is 12.1. The van der Waals surface area contributed by atoms with Crippen LogP contribution in [-0.4, -0.2) is 0 Å². The minimum Gasteiger partial charge on any atom is -0.461 e. The molecular weight excluding hydrogens is 228 g/mol. The zero-order valence-corrected chi connectivity index (χ0v) is 10.6. The van der Waals surface area contributed by atoms with E-state index in [2.05, 4.69) is 0 Å². The Kier molecular flexibility index (Phi) is 2.14. The Morgan fingerprint density at radius 1 is 1.17 bits per heavy atom. The summed E-state index contributed by atoms with van der Waals surface area (Å²) in [6.07, 6.45) is 1.95. The smallest absolute Gasteiger partial charge is 0.344 e. The van der Waals surface area contributed by atoms with Crippen molar-refractivity contribution in [1.29, 1.82) is 0 Å². The van der Waals surface area contributed by atoms with Crippen molar-refractivity contribution in [2.45, 2.75) is 26.2 Å². The molecule has 2 aromatic rings. The summed E-state index contributed by atoms with van der Waals surface area (Å²) in [5.41, 5.74) is 0.457. The molecular formula is C15H14O3. The number of ether oxygens (including phenoxy) is 1. The summed E-state index contributed by atoms with van der Waals surface area (Å²) in [5, 5.41) is 0.840. The molecule has 0 atom stereocenters. The van der Waals surface area contributed by atoms with Crippen molar-refractivity contribution >= 4 is 11.0 Å². The zero-order valence-electron chi connectivity index (χ0n) is 10.6. The van der Waals surface area contributed by atoms with Gasteiger partial charge in [0.2, 0.25) is 0 Å². The van der Waals surface area contributed by atoms with Gasteiger partial charge in [-0.25, -0.2) is 4.79 Å². The molecule has 18 heavy (non-hydrogen) atoms. The molecule has 0 N–H and O–H groups in total. The first kappa shape index (κ1) is 11.1. The van der Waals surface area contributed by atoms with E-state index in [1.165, 1.54) is 0 Å². The first-order valence-electron chi connectivity index (χ1n) is 5.93. The Morgan fingerprint density at radius 3 is 2.67 bits per heavy atom. The molecule has 0 amide bonds. The van der Waals surface area contributed by atoms with E-state index in [4.69, 9.17) is 9.15 Å². The van der Waals surface area contributed by atoms with Crippen LogP contribution in [0.2, 0.25) is 0 Å². The number of para-hydroxylation sites is 1. The summed E-state index contributed by atoms with van der Waals surface area (Å²) in [7, 11) is 0. The molecule has 0 bridgehead atoms. The Labute approximate surface area is 105 Å². The molecule has 3 heteroatoms. The second kappa shape index (κ2) is 3.48. The molecule has 3 nitrogen and oxygen atoms in total. The molecule has 0 saturated carbocycles. The van der Waals surface area contributed by atoms with Crippen LogP contribution in [0.15, 0.2) is 45.3 Å². The average Bonchev–Trinajstić information content (AvgIpc) is 2.26. The lowest BCUT2D eigenvalue weighted by Gasteiger charge is -2.28. The van der Waals surface area contributed by atoms with Crippen molar-refractivity contribution in [3.8, 4) is 5.75 Å². The van der Waals surface area contributed by atoms with Crippen LogP contribution in [0.5, 0.6) is 5.75 Å². The van der Waals surface area contributed by atoms with Gasteiger partial charge in [-0.15, -0.1) is 0 Å². The molecule has 1 aromatic carbocycles. The van der Waals surface area contributed by atoms with Crippen LogP contribution in [0.25, 0.3) is 11.0 Å². The van der Waals surface area contributed by atoms with Crippen LogP contribution in [0.4, 0.5) is 0 Å². The van der Waals surface area contributed by atoms with Crippen LogP contribution in [0.1, 0.15) is 26.3 Å². The van der Waals surface area contributed by atoms with Gasteiger partial charge in [0.05, 0.1) is 16.7 Å². The van der Waals surface area contributed by atoms with Gasteiger partial charge in [0, 0.05) is 5.41 Å². The van der Waals surface area contributed by atoms with Crippen LogP contribution >= 0.6 is 0 Å². The highest BCUT2D eigenvalue weighted by atomic mass is 16.5. The van der Waals surface area contributed by atoms with Crippen molar-refractivity contribution in [2.75, 3.05) is 0 Å². The molecule has 0 aliphatic carbocycles. The number of hydrogen-bond donors (Lipinski definition) is 0. The number of rotatable bonds is 0. The third-order valence-corrected chi connectivity index (χ3v) is 3.24. The van der Waals surface area contributed by atoms with E-state index in [0.29, 0.717) is 16.9 Å². The van der Waals surface area contributed by atoms with Gasteiger partial charge in [0.1, 0.15) is 11.3 Å². The zero-order chi connectivity index (χ0) is 12.9. The van der Waals surface area contributed by atoms with Crippen LogP contribution in [0.3, 0.4) is 0 Å². The van der Waals surface area contributed by atoms with Crippen LogP contribution in [-0.2, 0) is 5.41 Å². The predicted octanol–water partition coefficient (Wildman–Crippen LogP) is 3.37. The summed E-state index contributed by atoms with van der Waals surface area (Å²) in [6.45, 7) is 5.88. The van der Waals surface area contributed by atoms with Gasteiger partial charge in [-0.2, -0.15) is 0 Å². The summed E-state index contributed by atoms with van der Waals surface area (Å²) < 4.78 is 11.1. The lowest BCUT2D eigenvalue weighted by Crippen LogP contribution is -2.28. The Balaban J connectivity index is 2.47. The highest BCUT2D eigenvalue weighted by Crippen LogP contribution is 2.40. The van der Waals surface area contributed by atoms with Crippen molar-refractivity contribution in [3.63, 3.8) is 0 Å². The third kappa shape index (κ3) is 1.47. The molecule has 0 saturated heterocycles. The molecule has 92 valence electrons. The van der Waals surface area contributed by atoms with Crippen molar-refractivity contribution in [3.05, 3.63) is 52.1 Å². The van der Waals surface area contributed by atoms with E-state index in [1.54, 1.807) is 6.07 Å². The van der Waals surface area contributed by atoms with Gasteiger partial charge in [-0.1, -0.05) is 26.0 Å². The number of allylic oxidation sites excluding steroid dienone is 2. The van der Waals surface area contributed by atoms with Gasteiger partial charge in [0.15, 0.2) is 0 Å². The van der Waals surface area contributed by atoms with Crippen molar-refractivity contribution < 1.29 is 9.15 Å². The molecule has 2 heterocycles. The van der Waals surface area contributed by atoms with Crippen LogP contribution in [0, 0.1) is 0 Å². The van der Waals surface area contributed by atoms with E-state index < -0.39 is 0 Å². The monoisotopic (exact) mass is 242 g/mol. The van der Waals surface area contributed by atoms with Gasteiger partial charge in [-0.05, 0) is 25.1 Å². The standard InChI is InChI=1S/C15H14O3/c1-9-8-15(2,3)12-13(17-9)10-6-4-5-7-11(10)18-14(12)16/h4-8H,1-3H3. The fourth-order valence-corrected chi connectivity index (χ4v) is 2.55. The predicted molar refractivity (Wildman–Crippen MR) is 69.9 cm³/mol. The lowest BCUT2D eigenvalue weighted by atomic mass is 9.82. The van der Waals surface area contributed by atoms with E-state index in [-0.39, 0.29) is 11.0 Å². The Hall–Kier alpha value is -2.03. The maximum absolute atomic E-state index is 12.1. The average molecular weight is 242 g/mol. The summed E-state index contributed by atoms with van der Waals surface area (Å²) >= 11 is 0. The fourth-order valence-electron chi connectivity index (χ4n) is 2.55. The SMILES string of the molecule is CC1=CC(C)(C)c2c(c3ccccc3oc2=O)O1. The fraction of sp³-hybridized carbons (Fsp3) is 0.267.